The molecule has 1 saturated carbocycles. The van der Waals surface area contributed by atoms with Gasteiger partial charge in [0.2, 0.25) is 5.75 Å². The molecule has 0 radical (unpaired) electrons. The average molecular weight is 374 g/mol. The summed E-state index contributed by atoms with van der Waals surface area (Å²) in [5.41, 5.74) is 0. The Balaban J connectivity index is 2.13. The van der Waals surface area contributed by atoms with Gasteiger partial charge in [0.15, 0.2) is 11.6 Å². The maximum Gasteiger partial charge on any atom is 0.573 e. The van der Waals surface area contributed by atoms with E-state index in [4.69, 9.17) is 0 Å². The maximum atomic E-state index is 14.1. The van der Waals surface area contributed by atoms with Gasteiger partial charge in [0.25, 0.3) is 0 Å². The number of rotatable bonds is 5. The zero-order valence-electron chi connectivity index (χ0n) is 12.6. The zero-order valence-corrected chi connectivity index (χ0v) is 12.6. The van der Waals surface area contributed by atoms with Crippen LogP contribution in [0.4, 0.5) is 30.7 Å². The largest absolute Gasteiger partial charge is 0.573 e. The van der Waals surface area contributed by atoms with Crippen molar-refractivity contribution in [2.45, 2.75) is 38.2 Å². The second-order valence-corrected chi connectivity index (χ2v) is 5.68. The van der Waals surface area contributed by atoms with Gasteiger partial charge in [-0.3, -0.25) is 0 Å². The van der Waals surface area contributed by atoms with Crippen molar-refractivity contribution in [1.29, 1.82) is 0 Å². The van der Waals surface area contributed by atoms with Gasteiger partial charge in [0, 0.05) is 18.1 Å². The topological polar surface area (TPSA) is 35.5 Å². The number of hydrogen-bond acceptors (Lipinski definition) is 3. The summed E-state index contributed by atoms with van der Waals surface area (Å²) in [6, 6.07) is 0.379. The van der Waals surface area contributed by atoms with Crippen LogP contribution in [0.25, 0.3) is 0 Å². The first kappa shape index (κ1) is 19.3. The lowest BCUT2D eigenvalue weighted by Gasteiger charge is -2.31. The molecule has 0 aromatic heterocycles. The SMILES string of the molecule is O=CC1CCC(C(F)(F)Oc2cc(F)c(OC(F)(F)F)c(F)c2)CC1. The minimum Gasteiger partial charge on any atom is -0.432 e. The first-order valence-corrected chi connectivity index (χ1v) is 7.28. The molecule has 1 fully saturated rings. The standard InChI is InChI=1S/C15H13F7O3/c16-11-5-10(6-12(17)13(11)25-15(20,21)22)24-14(18,19)9-3-1-8(7-23)2-4-9/h5-9H,1-4H2. The average Bonchev–Trinajstić information content (AvgIpc) is 2.50. The van der Waals surface area contributed by atoms with E-state index in [-0.39, 0.29) is 43.7 Å². The Morgan fingerprint density at radius 3 is 1.88 bits per heavy atom. The van der Waals surface area contributed by atoms with Crippen molar-refractivity contribution in [3.05, 3.63) is 23.8 Å². The van der Waals surface area contributed by atoms with Gasteiger partial charge in [0.05, 0.1) is 5.92 Å². The number of hydrogen-bond donors (Lipinski definition) is 0. The summed E-state index contributed by atoms with van der Waals surface area (Å²) < 4.78 is 98.9. The normalized spacial score (nSPS) is 21.7. The van der Waals surface area contributed by atoms with E-state index >= 15 is 0 Å². The third-order valence-corrected chi connectivity index (χ3v) is 3.88. The van der Waals surface area contributed by atoms with Gasteiger partial charge >= 0.3 is 12.5 Å². The molecule has 25 heavy (non-hydrogen) atoms. The quantitative estimate of drug-likeness (QED) is 0.547. The molecule has 2 rings (SSSR count). The maximum absolute atomic E-state index is 14.1. The summed E-state index contributed by atoms with van der Waals surface area (Å²) in [5, 5.41) is 0. The fraction of sp³-hybridized carbons (Fsp3) is 0.533. The molecule has 0 heterocycles. The zero-order chi connectivity index (χ0) is 18.8. The Bertz CT molecular complexity index is 599. The van der Waals surface area contributed by atoms with E-state index in [2.05, 4.69) is 9.47 Å². The lowest BCUT2D eigenvalue weighted by molar-refractivity contribution is -0.276. The van der Waals surface area contributed by atoms with Crippen LogP contribution in [0.15, 0.2) is 12.1 Å². The molecular weight excluding hydrogens is 361 g/mol. The molecule has 0 N–H and O–H groups in total. The van der Waals surface area contributed by atoms with Gasteiger partial charge in [-0.2, -0.15) is 8.78 Å². The van der Waals surface area contributed by atoms with Crippen LogP contribution >= 0.6 is 0 Å². The van der Waals surface area contributed by atoms with Crippen molar-refractivity contribution in [3.8, 4) is 11.5 Å². The van der Waals surface area contributed by atoms with Gasteiger partial charge in [-0.25, -0.2) is 8.78 Å². The van der Waals surface area contributed by atoms with E-state index in [9.17, 15) is 35.5 Å². The minimum absolute atomic E-state index is 0.0311. The van der Waals surface area contributed by atoms with Crippen LogP contribution in [0.1, 0.15) is 25.7 Å². The Labute approximate surface area is 137 Å². The molecule has 140 valence electrons. The molecule has 1 aromatic carbocycles. The number of alkyl halides is 5. The van der Waals surface area contributed by atoms with Crippen LogP contribution in [0.5, 0.6) is 11.5 Å². The van der Waals surface area contributed by atoms with Gasteiger partial charge < -0.3 is 14.3 Å². The summed E-state index contributed by atoms with van der Waals surface area (Å²) in [7, 11) is 0. The van der Waals surface area contributed by atoms with Gasteiger partial charge in [-0.15, -0.1) is 13.2 Å². The number of benzene rings is 1. The van der Waals surface area contributed by atoms with Crippen molar-refractivity contribution in [1.82, 2.24) is 0 Å². The van der Waals surface area contributed by atoms with E-state index in [1.807, 2.05) is 0 Å². The summed E-state index contributed by atoms with van der Waals surface area (Å²) in [6.07, 6.45) is -8.06. The summed E-state index contributed by atoms with van der Waals surface area (Å²) in [5.74, 6) is -7.97. The Morgan fingerprint density at radius 2 is 1.44 bits per heavy atom. The molecule has 1 aromatic rings. The molecule has 10 heteroatoms. The molecule has 1 aliphatic carbocycles. The van der Waals surface area contributed by atoms with Gasteiger partial charge in [0.1, 0.15) is 12.0 Å². The predicted molar refractivity (Wildman–Crippen MR) is 70.1 cm³/mol. The molecule has 0 amide bonds. The highest BCUT2D eigenvalue weighted by molar-refractivity contribution is 5.53. The second kappa shape index (κ2) is 7.09. The van der Waals surface area contributed by atoms with Crippen molar-refractivity contribution in [3.63, 3.8) is 0 Å². The van der Waals surface area contributed by atoms with E-state index in [1.165, 1.54) is 0 Å². The van der Waals surface area contributed by atoms with Gasteiger partial charge in [-0.05, 0) is 25.7 Å². The van der Waals surface area contributed by atoms with Crippen molar-refractivity contribution in [2.24, 2.45) is 11.8 Å². The lowest BCUT2D eigenvalue weighted by Crippen LogP contribution is -2.37. The lowest BCUT2D eigenvalue weighted by atomic mass is 9.82. The predicted octanol–water partition coefficient (Wildman–Crippen LogP) is 4.84. The Hall–Kier alpha value is -2.00. The number of carbonyl (C=O) groups excluding carboxylic acids is 1. The Kier molecular flexibility index (Phi) is 5.48. The summed E-state index contributed by atoms with van der Waals surface area (Å²) >= 11 is 0. The third kappa shape index (κ3) is 4.99. The fourth-order valence-electron chi connectivity index (χ4n) is 2.64. The molecule has 3 nitrogen and oxygen atoms in total. The van der Waals surface area contributed by atoms with E-state index in [1.54, 1.807) is 0 Å². The highest BCUT2D eigenvalue weighted by Gasteiger charge is 2.44. The minimum atomic E-state index is -5.34. The van der Waals surface area contributed by atoms with Crippen LogP contribution in [0.3, 0.4) is 0 Å². The van der Waals surface area contributed by atoms with Crippen molar-refractivity contribution < 1.29 is 45.0 Å². The highest BCUT2D eigenvalue weighted by atomic mass is 19.4. The van der Waals surface area contributed by atoms with Crippen LogP contribution < -0.4 is 9.47 Å². The molecule has 0 atom stereocenters. The molecule has 0 saturated heterocycles. The smallest absolute Gasteiger partial charge is 0.432 e. The molecule has 0 spiro atoms. The first-order chi connectivity index (χ1) is 11.5. The molecule has 1 aliphatic rings. The van der Waals surface area contributed by atoms with Crippen LogP contribution in [0.2, 0.25) is 0 Å². The second-order valence-electron chi connectivity index (χ2n) is 5.68. The van der Waals surface area contributed by atoms with Crippen molar-refractivity contribution >= 4 is 6.29 Å². The summed E-state index contributed by atoms with van der Waals surface area (Å²) in [6.45, 7) is 0. The monoisotopic (exact) mass is 374 g/mol. The summed E-state index contributed by atoms with van der Waals surface area (Å²) in [4.78, 5) is 10.6. The number of halogens is 7. The fourth-order valence-corrected chi connectivity index (χ4v) is 2.64. The van der Waals surface area contributed by atoms with E-state index < -0.39 is 41.5 Å². The number of aldehydes is 1. The number of ether oxygens (including phenoxy) is 2. The van der Waals surface area contributed by atoms with Crippen LogP contribution in [-0.4, -0.2) is 18.8 Å². The molecule has 0 unspecified atom stereocenters. The molecule has 0 bridgehead atoms. The molecule has 0 aliphatic heterocycles. The van der Waals surface area contributed by atoms with Crippen molar-refractivity contribution in [2.75, 3.05) is 0 Å². The molecular formula is C15H13F7O3. The Morgan fingerprint density at radius 1 is 0.920 bits per heavy atom. The van der Waals surface area contributed by atoms with Crippen LogP contribution in [-0.2, 0) is 4.79 Å². The third-order valence-electron chi connectivity index (χ3n) is 3.88. The highest BCUT2D eigenvalue weighted by Crippen LogP contribution is 2.40. The van der Waals surface area contributed by atoms with Crippen LogP contribution in [0, 0.1) is 23.5 Å². The van der Waals surface area contributed by atoms with E-state index in [0.29, 0.717) is 6.29 Å². The first-order valence-electron chi connectivity index (χ1n) is 7.28. The number of carbonyl (C=O) groups is 1. The van der Waals surface area contributed by atoms with Gasteiger partial charge in [-0.1, -0.05) is 0 Å². The van der Waals surface area contributed by atoms with E-state index in [0.717, 1.165) is 0 Å².